The summed E-state index contributed by atoms with van der Waals surface area (Å²) in [7, 11) is 0. The van der Waals surface area contributed by atoms with E-state index in [9.17, 15) is 4.79 Å². The van der Waals surface area contributed by atoms with Crippen LogP contribution in [0.25, 0.3) is 0 Å². The van der Waals surface area contributed by atoms with Crippen LogP contribution in [0.3, 0.4) is 0 Å². The van der Waals surface area contributed by atoms with Gasteiger partial charge in [0.25, 0.3) is 0 Å². The Hall–Kier alpha value is -1.28. The van der Waals surface area contributed by atoms with Crippen LogP contribution in [-0.2, 0) is 0 Å². The van der Waals surface area contributed by atoms with E-state index in [-0.39, 0.29) is 0 Å². The van der Waals surface area contributed by atoms with E-state index >= 15 is 0 Å². The van der Waals surface area contributed by atoms with E-state index in [0.717, 1.165) is 18.3 Å². The number of aldehydes is 1. The van der Waals surface area contributed by atoms with Crippen LogP contribution in [0.5, 0.6) is 5.75 Å². The van der Waals surface area contributed by atoms with Crippen LogP contribution in [0.2, 0.25) is 5.02 Å². The Morgan fingerprint density at radius 1 is 1.60 bits per heavy atom. The molecular formula is C12H13ClO2. The minimum Gasteiger partial charge on any atom is -0.492 e. The molecule has 80 valence electrons. The highest BCUT2D eigenvalue weighted by atomic mass is 35.5. The van der Waals surface area contributed by atoms with Gasteiger partial charge >= 0.3 is 0 Å². The highest BCUT2D eigenvalue weighted by Gasteiger charge is 2.03. The van der Waals surface area contributed by atoms with E-state index in [2.05, 4.69) is 6.58 Å². The Morgan fingerprint density at radius 2 is 2.33 bits per heavy atom. The van der Waals surface area contributed by atoms with Gasteiger partial charge in [0.15, 0.2) is 6.29 Å². The Balaban J connectivity index is 2.69. The molecule has 0 fully saturated rings. The highest BCUT2D eigenvalue weighted by molar-refractivity contribution is 6.30. The smallest absolute Gasteiger partial charge is 0.153 e. The van der Waals surface area contributed by atoms with Crippen molar-refractivity contribution in [2.45, 2.75) is 13.3 Å². The fourth-order valence-corrected chi connectivity index (χ4v) is 1.23. The Morgan fingerprint density at radius 3 is 2.93 bits per heavy atom. The van der Waals surface area contributed by atoms with Crippen molar-refractivity contribution in [1.82, 2.24) is 0 Å². The number of halogens is 1. The molecule has 0 bridgehead atoms. The third-order valence-electron chi connectivity index (χ3n) is 1.89. The maximum atomic E-state index is 10.7. The van der Waals surface area contributed by atoms with Gasteiger partial charge in [-0.1, -0.05) is 17.2 Å². The number of rotatable bonds is 5. The summed E-state index contributed by atoms with van der Waals surface area (Å²) in [5, 5.41) is 0.561. The summed E-state index contributed by atoms with van der Waals surface area (Å²) in [5.74, 6) is 0.527. The zero-order chi connectivity index (χ0) is 11.3. The average molecular weight is 225 g/mol. The monoisotopic (exact) mass is 224 g/mol. The summed E-state index contributed by atoms with van der Waals surface area (Å²) in [6, 6.07) is 4.95. The van der Waals surface area contributed by atoms with Crippen molar-refractivity contribution in [2.24, 2.45) is 0 Å². The van der Waals surface area contributed by atoms with Crippen LogP contribution < -0.4 is 4.74 Å². The van der Waals surface area contributed by atoms with E-state index in [1.54, 1.807) is 18.2 Å². The quantitative estimate of drug-likeness (QED) is 0.565. The molecule has 3 heteroatoms. The average Bonchev–Trinajstić information content (AvgIpc) is 2.17. The van der Waals surface area contributed by atoms with E-state index in [0.29, 0.717) is 22.9 Å². The molecule has 0 saturated carbocycles. The van der Waals surface area contributed by atoms with Crippen molar-refractivity contribution in [1.29, 1.82) is 0 Å². The third kappa shape index (κ3) is 3.76. The maximum Gasteiger partial charge on any atom is 0.153 e. The second-order valence-corrected chi connectivity index (χ2v) is 3.79. The van der Waals surface area contributed by atoms with Crippen LogP contribution in [-0.4, -0.2) is 12.9 Å². The molecule has 15 heavy (non-hydrogen) atoms. The predicted octanol–water partition coefficient (Wildman–Crippen LogP) is 3.50. The normalized spacial score (nSPS) is 9.73. The van der Waals surface area contributed by atoms with Gasteiger partial charge in [0.05, 0.1) is 12.2 Å². The Kier molecular flexibility index (Phi) is 4.37. The van der Waals surface area contributed by atoms with E-state index < -0.39 is 0 Å². The lowest BCUT2D eigenvalue weighted by Gasteiger charge is -2.08. The van der Waals surface area contributed by atoms with Crippen molar-refractivity contribution < 1.29 is 9.53 Å². The third-order valence-corrected chi connectivity index (χ3v) is 2.12. The first-order valence-corrected chi connectivity index (χ1v) is 5.03. The van der Waals surface area contributed by atoms with Gasteiger partial charge in [-0.25, -0.2) is 0 Å². The molecule has 1 aromatic rings. The molecule has 1 rings (SSSR count). The zero-order valence-electron chi connectivity index (χ0n) is 8.63. The summed E-state index contributed by atoms with van der Waals surface area (Å²) < 4.78 is 5.44. The minimum atomic E-state index is 0.510. The number of ether oxygens (including phenoxy) is 1. The number of carbonyl (C=O) groups excluding carboxylic acids is 1. The van der Waals surface area contributed by atoms with Gasteiger partial charge < -0.3 is 4.74 Å². The molecule has 2 nitrogen and oxygen atoms in total. The molecule has 1 aromatic carbocycles. The zero-order valence-corrected chi connectivity index (χ0v) is 9.38. The number of hydrogen-bond donors (Lipinski definition) is 0. The van der Waals surface area contributed by atoms with Crippen LogP contribution >= 0.6 is 11.6 Å². The largest absolute Gasteiger partial charge is 0.492 e. The Labute approximate surface area is 94.5 Å². The van der Waals surface area contributed by atoms with Crippen LogP contribution in [0, 0.1) is 0 Å². The summed E-state index contributed by atoms with van der Waals surface area (Å²) in [4.78, 5) is 10.7. The van der Waals surface area contributed by atoms with Gasteiger partial charge in [-0.3, -0.25) is 4.79 Å². The summed E-state index contributed by atoms with van der Waals surface area (Å²) in [5.41, 5.74) is 1.56. The number of hydrogen-bond acceptors (Lipinski definition) is 2. The molecule has 0 spiro atoms. The fourth-order valence-electron chi connectivity index (χ4n) is 1.07. The Bertz CT molecular complexity index is 372. The van der Waals surface area contributed by atoms with Gasteiger partial charge in [-0.15, -0.1) is 6.58 Å². The molecule has 0 aliphatic rings. The molecule has 0 N–H and O–H groups in total. The lowest BCUT2D eigenvalue weighted by molar-refractivity contribution is 0.111. The van der Waals surface area contributed by atoms with Gasteiger partial charge in [0.1, 0.15) is 5.75 Å². The molecule has 0 aliphatic heterocycles. The molecular weight excluding hydrogens is 212 g/mol. The minimum absolute atomic E-state index is 0.510. The molecule has 0 heterocycles. The maximum absolute atomic E-state index is 10.7. The van der Waals surface area contributed by atoms with E-state index in [4.69, 9.17) is 16.3 Å². The van der Waals surface area contributed by atoms with Crippen LogP contribution in [0.4, 0.5) is 0 Å². The van der Waals surface area contributed by atoms with E-state index in [1.807, 2.05) is 6.92 Å². The fraction of sp³-hybridized carbons (Fsp3) is 0.250. The van der Waals surface area contributed by atoms with Crippen LogP contribution in [0.15, 0.2) is 30.4 Å². The van der Waals surface area contributed by atoms with Gasteiger partial charge in [-0.05, 0) is 25.1 Å². The molecule has 0 amide bonds. The molecule has 0 atom stereocenters. The lowest BCUT2D eigenvalue weighted by atomic mass is 10.2. The first kappa shape index (κ1) is 11.8. The summed E-state index contributed by atoms with van der Waals surface area (Å²) >= 11 is 5.80. The van der Waals surface area contributed by atoms with Gasteiger partial charge in [0, 0.05) is 11.4 Å². The van der Waals surface area contributed by atoms with Crippen LogP contribution in [0.1, 0.15) is 23.7 Å². The standard InChI is InChI=1S/C12H13ClO2/c1-9(2)5-6-15-12-7-11(13)4-3-10(12)8-14/h3-4,7-8H,1,5-6H2,2H3. The topological polar surface area (TPSA) is 26.3 Å². The second-order valence-electron chi connectivity index (χ2n) is 3.36. The lowest BCUT2D eigenvalue weighted by Crippen LogP contribution is -2.00. The first-order chi connectivity index (χ1) is 7.13. The SMILES string of the molecule is C=C(C)CCOc1cc(Cl)ccc1C=O. The van der Waals surface area contributed by atoms with E-state index in [1.165, 1.54) is 0 Å². The molecule has 0 unspecified atom stereocenters. The van der Waals surface area contributed by atoms with Crippen molar-refractivity contribution in [3.8, 4) is 5.75 Å². The van der Waals surface area contributed by atoms with Crippen molar-refractivity contribution in [3.63, 3.8) is 0 Å². The predicted molar refractivity (Wildman–Crippen MR) is 61.8 cm³/mol. The number of benzene rings is 1. The molecule has 0 radical (unpaired) electrons. The van der Waals surface area contributed by atoms with Gasteiger partial charge in [-0.2, -0.15) is 0 Å². The molecule has 0 saturated heterocycles. The molecule has 0 aliphatic carbocycles. The molecule has 0 aromatic heterocycles. The van der Waals surface area contributed by atoms with Crippen molar-refractivity contribution in [2.75, 3.05) is 6.61 Å². The first-order valence-electron chi connectivity index (χ1n) is 4.65. The van der Waals surface area contributed by atoms with Crippen molar-refractivity contribution in [3.05, 3.63) is 40.9 Å². The van der Waals surface area contributed by atoms with Crippen molar-refractivity contribution >= 4 is 17.9 Å². The summed E-state index contributed by atoms with van der Waals surface area (Å²) in [6.45, 7) is 6.21. The number of carbonyl (C=O) groups is 1. The summed E-state index contributed by atoms with van der Waals surface area (Å²) in [6.07, 6.45) is 1.53. The van der Waals surface area contributed by atoms with Gasteiger partial charge in [0.2, 0.25) is 0 Å². The second kappa shape index (κ2) is 5.56. The highest BCUT2D eigenvalue weighted by Crippen LogP contribution is 2.22.